The van der Waals surface area contributed by atoms with E-state index in [1.807, 2.05) is 64.1 Å². The largest absolute Gasteiger partial charge is 0.508 e. The Morgan fingerprint density at radius 1 is 1.02 bits per heavy atom. The molecular weight excluding hydrogens is 504 g/mol. The average molecular weight is 553 g/mol. The van der Waals surface area contributed by atoms with Gasteiger partial charge in [-0.3, -0.25) is 9.59 Å². The number of nitrogens with two attached hydrogens (primary N) is 1. The molecule has 6 N–H and O–H groups in total. The van der Waals surface area contributed by atoms with E-state index in [9.17, 15) is 14.7 Å². The van der Waals surface area contributed by atoms with Crippen LogP contribution < -0.4 is 26.4 Å². The molecule has 0 radical (unpaired) electrons. The van der Waals surface area contributed by atoms with Gasteiger partial charge in [0.1, 0.15) is 17.5 Å². The number of carbonyl (C=O) groups is 2. The maximum atomic E-state index is 13.1. The van der Waals surface area contributed by atoms with Crippen molar-refractivity contribution in [2.24, 2.45) is 17.6 Å². The Labute approximate surface area is 239 Å². The standard InChI is InChI=1S/C32H48N4O4/c1-6-19-40-29-13-9-8-11-25(29)12-10-18-34-32(39)28(21-33)35-27(7-2)30(22(3)4)36-31(38)23(5)20-24-14-16-26(37)17-15-24/h7-9,11,13-17,22-23,28,30,35,37H,6,10,12,18-21,33H2,1-5H3,(H,34,39)(H,36,38)/b27-7-/t23-,28+,30-/m1/s1. The zero-order valence-electron chi connectivity index (χ0n) is 24.7. The van der Waals surface area contributed by atoms with Crippen LogP contribution in [-0.2, 0) is 22.4 Å². The molecule has 0 aromatic heterocycles. The number of phenols is 1. The minimum Gasteiger partial charge on any atom is -0.508 e. The number of hydrogen-bond donors (Lipinski definition) is 5. The SMILES string of the molecule is C/C=C(\N[C@@H](CN)C(=O)NCCCc1ccccc1OCCC)[C@H](NC(=O)[C@H](C)Cc1ccc(O)cc1)C(C)C. The Hall–Kier alpha value is -3.52. The van der Waals surface area contributed by atoms with Crippen molar-refractivity contribution in [1.82, 2.24) is 16.0 Å². The van der Waals surface area contributed by atoms with Gasteiger partial charge in [0.05, 0.1) is 12.6 Å². The summed E-state index contributed by atoms with van der Waals surface area (Å²) in [5.41, 5.74) is 8.85. The normalized spacial score (nSPS) is 13.8. The van der Waals surface area contributed by atoms with E-state index in [-0.39, 0.29) is 42.0 Å². The molecule has 2 amide bonds. The van der Waals surface area contributed by atoms with Crippen LogP contribution in [0.2, 0.25) is 0 Å². The first-order chi connectivity index (χ1) is 19.2. The summed E-state index contributed by atoms with van der Waals surface area (Å²) >= 11 is 0. The van der Waals surface area contributed by atoms with Crippen LogP contribution in [0.15, 0.2) is 60.3 Å². The molecular formula is C32H48N4O4. The van der Waals surface area contributed by atoms with E-state index in [0.717, 1.165) is 41.8 Å². The van der Waals surface area contributed by atoms with E-state index in [1.54, 1.807) is 12.1 Å². The number of nitrogens with one attached hydrogen (secondary N) is 3. The van der Waals surface area contributed by atoms with Crippen molar-refractivity contribution in [3.05, 3.63) is 71.4 Å². The average Bonchev–Trinajstić information content (AvgIpc) is 2.95. The number of benzene rings is 2. The molecule has 0 bridgehead atoms. The Morgan fingerprint density at radius 3 is 2.35 bits per heavy atom. The van der Waals surface area contributed by atoms with Gasteiger partial charge in [-0.05, 0) is 67.9 Å². The molecule has 0 saturated heterocycles. The van der Waals surface area contributed by atoms with Crippen molar-refractivity contribution in [1.29, 1.82) is 0 Å². The molecule has 2 aromatic rings. The van der Waals surface area contributed by atoms with Crippen molar-refractivity contribution >= 4 is 11.8 Å². The van der Waals surface area contributed by atoms with Crippen LogP contribution in [0.4, 0.5) is 0 Å². The number of aromatic hydroxyl groups is 1. The van der Waals surface area contributed by atoms with Gasteiger partial charge in [-0.25, -0.2) is 0 Å². The quantitative estimate of drug-likeness (QED) is 0.188. The fourth-order valence-electron chi connectivity index (χ4n) is 4.44. The van der Waals surface area contributed by atoms with E-state index >= 15 is 0 Å². The first-order valence-electron chi connectivity index (χ1n) is 14.4. The lowest BCUT2D eigenvalue weighted by molar-refractivity contribution is -0.125. The summed E-state index contributed by atoms with van der Waals surface area (Å²) in [6, 6.07) is 14.0. The molecule has 0 heterocycles. The minimum atomic E-state index is -0.626. The Balaban J connectivity index is 1.92. The van der Waals surface area contributed by atoms with Crippen LogP contribution in [0.25, 0.3) is 0 Å². The molecule has 0 aliphatic rings. The van der Waals surface area contributed by atoms with E-state index in [0.29, 0.717) is 19.6 Å². The summed E-state index contributed by atoms with van der Waals surface area (Å²) in [5.74, 6) is 0.659. The van der Waals surface area contributed by atoms with Gasteiger partial charge in [0.2, 0.25) is 11.8 Å². The predicted molar refractivity (Wildman–Crippen MR) is 161 cm³/mol. The molecule has 0 aliphatic heterocycles. The van der Waals surface area contributed by atoms with Crippen LogP contribution >= 0.6 is 0 Å². The number of allylic oxidation sites excluding steroid dienone is 1. The highest BCUT2D eigenvalue weighted by molar-refractivity contribution is 5.82. The van der Waals surface area contributed by atoms with Gasteiger partial charge >= 0.3 is 0 Å². The first-order valence-corrected chi connectivity index (χ1v) is 14.4. The van der Waals surface area contributed by atoms with Crippen LogP contribution in [-0.4, -0.2) is 48.7 Å². The fraction of sp³-hybridized carbons (Fsp3) is 0.500. The minimum absolute atomic E-state index is 0.0788. The van der Waals surface area contributed by atoms with Gasteiger partial charge in [-0.1, -0.05) is 64.1 Å². The molecule has 0 unspecified atom stereocenters. The summed E-state index contributed by atoms with van der Waals surface area (Å²) in [7, 11) is 0. The second kappa shape index (κ2) is 17.2. The van der Waals surface area contributed by atoms with Gasteiger partial charge in [-0.2, -0.15) is 0 Å². The molecule has 8 heteroatoms. The maximum absolute atomic E-state index is 13.1. The monoisotopic (exact) mass is 552 g/mol. The molecule has 220 valence electrons. The zero-order chi connectivity index (χ0) is 29.5. The lowest BCUT2D eigenvalue weighted by Crippen LogP contribution is -2.53. The number of amides is 2. The molecule has 8 nitrogen and oxygen atoms in total. The first kappa shape index (κ1) is 32.7. The lowest BCUT2D eigenvalue weighted by atomic mass is 9.96. The van der Waals surface area contributed by atoms with Gasteiger partial charge in [0.25, 0.3) is 0 Å². The number of ether oxygens (including phenoxy) is 1. The predicted octanol–water partition coefficient (Wildman–Crippen LogP) is 4.07. The summed E-state index contributed by atoms with van der Waals surface area (Å²) in [5, 5.41) is 18.9. The highest BCUT2D eigenvalue weighted by Crippen LogP contribution is 2.20. The van der Waals surface area contributed by atoms with E-state index < -0.39 is 6.04 Å². The van der Waals surface area contributed by atoms with E-state index in [2.05, 4.69) is 28.9 Å². The highest BCUT2D eigenvalue weighted by Gasteiger charge is 2.26. The molecule has 0 saturated carbocycles. The topological polar surface area (TPSA) is 126 Å². The van der Waals surface area contributed by atoms with Crippen LogP contribution in [0.1, 0.15) is 58.6 Å². The summed E-state index contributed by atoms with van der Waals surface area (Å²) in [6.45, 7) is 11.2. The third kappa shape index (κ3) is 10.6. The van der Waals surface area contributed by atoms with Crippen molar-refractivity contribution in [2.75, 3.05) is 19.7 Å². The lowest BCUT2D eigenvalue weighted by Gasteiger charge is -2.30. The third-order valence-electron chi connectivity index (χ3n) is 6.79. The second-order valence-electron chi connectivity index (χ2n) is 10.5. The van der Waals surface area contributed by atoms with E-state index in [1.165, 1.54) is 0 Å². The van der Waals surface area contributed by atoms with Crippen LogP contribution in [0.3, 0.4) is 0 Å². The molecule has 0 spiro atoms. The molecule has 0 aliphatic carbocycles. The number of para-hydroxylation sites is 1. The fourth-order valence-corrected chi connectivity index (χ4v) is 4.44. The summed E-state index contributed by atoms with van der Waals surface area (Å²) < 4.78 is 5.83. The molecule has 3 atom stereocenters. The van der Waals surface area contributed by atoms with Gasteiger partial charge in [0.15, 0.2) is 0 Å². The number of carbonyl (C=O) groups excluding carboxylic acids is 2. The van der Waals surface area contributed by atoms with Gasteiger partial charge < -0.3 is 31.5 Å². The van der Waals surface area contributed by atoms with Crippen molar-refractivity contribution < 1.29 is 19.4 Å². The van der Waals surface area contributed by atoms with Crippen molar-refractivity contribution in [2.45, 2.75) is 72.4 Å². The zero-order valence-corrected chi connectivity index (χ0v) is 24.7. The number of phenolic OH excluding ortho intramolecular Hbond substituents is 1. The van der Waals surface area contributed by atoms with Crippen LogP contribution in [0, 0.1) is 11.8 Å². The molecule has 40 heavy (non-hydrogen) atoms. The smallest absolute Gasteiger partial charge is 0.243 e. The highest BCUT2D eigenvalue weighted by atomic mass is 16.5. The third-order valence-corrected chi connectivity index (χ3v) is 6.79. The van der Waals surface area contributed by atoms with Crippen molar-refractivity contribution in [3.8, 4) is 11.5 Å². The van der Waals surface area contributed by atoms with Crippen molar-refractivity contribution in [3.63, 3.8) is 0 Å². The Morgan fingerprint density at radius 2 is 1.73 bits per heavy atom. The molecule has 0 fully saturated rings. The number of aryl methyl sites for hydroxylation is 1. The molecule has 2 rings (SSSR count). The summed E-state index contributed by atoms with van der Waals surface area (Å²) in [6.07, 6.45) is 4.96. The second-order valence-corrected chi connectivity index (χ2v) is 10.5. The number of hydrogen-bond acceptors (Lipinski definition) is 6. The van der Waals surface area contributed by atoms with E-state index in [4.69, 9.17) is 10.5 Å². The van der Waals surface area contributed by atoms with Gasteiger partial charge in [0, 0.05) is 24.7 Å². The summed E-state index contributed by atoms with van der Waals surface area (Å²) in [4.78, 5) is 26.1. The van der Waals surface area contributed by atoms with Crippen LogP contribution in [0.5, 0.6) is 11.5 Å². The maximum Gasteiger partial charge on any atom is 0.243 e. The molecule has 2 aromatic carbocycles. The Bertz CT molecular complexity index is 1080. The Kier molecular flexibility index (Phi) is 14.1. The number of rotatable bonds is 17. The van der Waals surface area contributed by atoms with Gasteiger partial charge in [-0.15, -0.1) is 0 Å².